The Balaban J connectivity index is 0.000000367. The molecule has 0 unspecified atom stereocenters. The minimum Gasteiger partial charge on any atom is -0.495 e. The quantitative estimate of drug-likeness (QED) is 0.648. The van der Waals surface area contributed by atoms with Gasteiger partial charge >= 0.3 is 5.97 Å². The minimum absolute atomic E-state index is 0.0440. The lowest BCUT2D eigenvalue weighted by Crippen LogP contribution is -2.30. The number of sulfonamides is 1. The van der Waals surface area contributed by atoms with E-state index in [4.69, 9.17) is 26.2 Å². The van der Waals surface area contributed by atoms with Gasteiger partial charge in [-0.1, -0.05) is 17.7 Å². The fourth-order valence-electron chi connectivity index (χ4n) is 2.65. The van der Waals surface area contributed by atoms with Gasteiger partial charge in [0.15, 0.2) is 6.73 Å². The maximum Gasteiger partial charge on any atom is 0.335 e. The van der Waals surface area contributed by atoms with Gasteiger partial charge in [0.25, 0.3) is 10.0 Å². The van der Waals surface area contributed by atoms with E-state index in [9.17, 15) is 13.2 Å². The van der Waals surface area contributed by atoms with Gasteiger partial charge in [0.05, 0.1) is 18.4 Å². The first-order valence-electron chi connectivity index (χ1n) is 8.56. The normalized spacial score (nSPS) is 12.3. The minimum atomic E-state index is -4.05. The Morgan fingerprint density at radius 2 is 1.90 bits per heavy atom. The van der Waals surface area contributed by atoms with Gasteiger partial charge in [-0.25, -0.2) is 17.5 Å². The third kappa shape index (κ3) is 4.47. The van der Waals surface area contributed by atoms with Gasteiger partial charge in [-0.2, -0.15) is 0 Å². The highest BCUT2D eigenvalue weighted by atomic mass is 35.5. The Hall–Kier alpha value is -3.30. The molecule has 0 saturated heterocycles. The van der Waals surface area contributed by atoms with Crippen LogP contribution in [0.1, 0.15) is 10.4 Å². The van der Waals surface area contributed by atoms with E-state index < -0.39 is 16.0 Å². The molecule has 0 amide bonds. The first kappa shape index (κ1) is 21.4. The third-order valence-corrected chi connectivity index (χ3v) is 6.06. The number of aromatic carboxylic acids is 1. The summed E-state index contributed by atoms with van der Waals surface area (Å²) in [5.74, 6) is -0.755. The van der Waals surface area contributed by atoms with Crippen LogP contribution in [-0.4, -0.2) is 38.3 Å². The van der Waals surface area contributed by atoms with Gasteiger partial charge in [0.2, 0.25) is 0 Å². The van der Waals surface area contributed by atoms with E-state index in [0.717, 1.165) is 4.31 Å². The number of rotatable bonds is 4. The summed E-state index contributed by atoms with van der Waals surface area (Å²) in [5.41, 5.74) is 0.106. The second-order valence-electron chi connectivity index (χ2n) is 5.93. The molecule has 4 rings (SSSR count). The summed E-state index contributed by atoms with van der Waals surface area (Å²) in [7, 11) is -2.71. The van der Waals surface area contributed by atoms with Crippen molar-refractivity contribution >= 4 is 33.3 Å². The van der Waals surface area contributed by atoms with E-state index in [2.05, 4.69) is 4.98 Å². The number of carboxylic acid groups (broad SMARTS) is 1. The van der Waals surface area contributed by atoms with E-state index in [0.29, 0.717) is 0 Å². The van der Waals surface area contributed by atoms with Crippen molar-refractivity contribution in [1.82, 2.24) is 4.98 Å². The number of carbonyl (C=O) groups is 1. The van der Waals surface area contributed by atoms with Crippen LogP contribution in [0.15, 0.2) is 71.9 Å². The molecule has 30 heavy (non-hydrogen) atoms. The third-order valence-electron chi connectivity index (χ3n) is 4.07. The van der Waals surface area contributed by atoms with E-state index in [1.807, 2.05) is 18.2 Å². The van der Waals surface area contributed by atoms with Crippen LogP contribution in [0.25, 0.3) is 0 Å². The second kappa shape index (κ2) is 9.02. The van der Waals surface area contributed by atoms with Gasteiger partial charge in [-0.3, -0.25) is 4.98 Å². The Kier molecular flexibility index (Phi) is 6.43. The first-order valence-corrected chi connectivity index (χ1v) is 10.4. The van der Waals surface area contributed by atoms with Crippen LogP contribution < -0.4 is 13.8 Å². The molecule has 0 bridgehead atoms. The summed E-state index contributed by atoms with van der Waals surface area (Å²) in [6, 6.07) is 14.0. The monoisotopic (exact) mass is 448 g/mol. The highest BCUT2D eigenvalue weighted by molar-refractivity contribution is 7.93. The van der Waals surface area contributed by atoms with Gasteiger partial charge < -0.3 is 14.6 Å². The predicted octanol–water partition coefficient (Wildman–Crippen LogP) is 3.67. The van der Waals surface area contributed by atoms with Crippen LogP contribution in [0.2, 0.25) is 5.02 Å². The van der Waals surface area contributed by atoms with Crippen LogP contribution in [0.5, 0.6) is 11.5 Å². The zero-order valence-corrected chi connectivity index (χ0v) is 17.3. The van der Waals surface area contributed by atoms with Crippen molar-refractivity contribution in [1.29, 1.82) is 0 Å². The molecule has 2 heterocycles. The van der Waals surface area contributed by atoms with Crippen molar-refractivity contribution in [2.24, 2.45) is 0 Å². The lowest BCUT2D eigenvalue weighted by Gasteiger charge is -2.19. The lowest BCUT2D eigenvalue weighted by molar-refractivity contribution is 0.0697. The number of ether oxygens (including phenoxy) is 2. The van der Waals surface area contributed by atoms with Crippen LogP contribution in [0, 0.1) is 0 Å². The standard InChI is InChI=1S/C15H12ClNO6S.C5H5N/c1-22-13-5-3-10(16)7-14(13)24(20,21)17-8-23-12-4-2-9(15(18)19)6-11(12)17;1-2-4-6-5-3-1/h2-7H,8H2,1H3,(H,18,19);1-5H. The van der Waals surface area contributed by atoms with E-state index >= 15 is 0 Å². The molecule has 0 spiro atoms. The highest BCUT2D eigenvalue weighted by Crippen LogP contribution is 2.40. The molecular weight excluding hydrogens is 432 g/mol. The van der Waals surface area contributed by atoms with Crippen molar-refractivity contribution in [3.8, 4) is 11.5 Å². The molecule has 1 N–H and O–H groups in total. The summed E-state index contributed by atoms with van der Waals surface area (Å²) < 4.78 is 37.3. The highest BCUT2D eigenvalue weighted by Gasteiger charge is 2.35. The topological polar surface area (TPSA) is 106 Å². The van der Waals surface area contributed by atoms with E-state index in [1.54, 1.807) is 12.4 Å². The number of benzene rings is 2. The average molecular weight is 449 g/mol. The lowest BCUT2D eigenvalue weighted by atomic mass is 10.2. The first-order chi connectivity index (χ1) is 14.3. The number of anilines is 1. The number of fused-ring (bicyclic) bond motifs is 1. The number of nitrogens with zero attached hydrogens (tertiary/aromatic N) is 2. The molecule has 0 saturated carbocycles. The maximum atomic E-state index is 13.0. The Morgan fingerprint density at radius 3 is 2.47 bits per heavy atom. The number of methoxy groups -OCH3 is 1. The number of hydrogen-bond acceptors (Lipinski definition) is 6. The number of carboxylic acids is 1. The van der Waals surface area contributed by atoms with Crippen molar-refractivity contribution in [2.75, 3.05) is 18.1 Å². The largest absolute Gasteiger partial charge is 0.495 e. The SMILES string of the molecule is COc1ccc(Cl)cc1S(=O)(=O)N1COc2ccc(C(=O)O)cc21.c1ccncc1. The Bertz CT molecular complexity index is 1130. The molecule has 0 fully saturated rings. The van der Waals surface area contributed by atoms with E-state index in [1.165, 1.54) is 43.5 Å². The van der Waals surface area contributed by atoms with Crippen LogP contribution >= 0.6 is 11.6 Å². The van der Waals surface area contributed by atoms with Crippen molar-refractivity contribution < 1.29 is 27.8 Å². The smallest absolute Gasteiger partial charge is 0.335 e. The molecule has 2 aromatic carbocycles. The summed E-state index contributed by atoms with van der Waals surface area (Å²) in [4.78, 5) is 14.8. The summed E-state index contributed by atoms with van der Waals surface area (Å²) in [6.45, 7) is -0.267. The number of pyridine rings is 1. The molecule has 1 aromatic heterocycles. The molecule has 10 heteroatoms. The van der Waals surface area contributed by atoms with Crippen molar-refractivity contribution in [3.63, 3.8) is 0 Å². The molecule has 0 radical (unpaired) electrons. The predicted molar refractivity (Wildman–Crippen MR) is 111 cm³/mol. The molecule has 1 aliphatic heterocycles. The zero-order chi connectivity index (χ0) is 21.7. The van der Waals surface area contributed by atoms with Crippen LogP contribution in [0.3, 0.4) is 0 Å². The van der Waals surface area contributed by atoms with Gasteiger partial charge in [-0.05, 0) is 48.5 Å². The molecule has 156 valence electrons. The zero-order valence-electron chi connectivity index (χ0n) is 15.7. The molecular formula is C20H17ClN2O6S. The second-order valence-corrected chi connectivity index (χ2v) is 8.20. The van der Waals surface area contributed by atoms with Crippen LogP contribution in [0.4, 0.5) is 5.69 Å². The van der Waals surface area contributed by atoms with Gasteiger partial charge in [0, 0.05) is 17.4 Å². The van der Waals surface area contributed by atoms with E-state index in [-0.39, 0.29) is 39.4 Å². The summed E-state index contributed by atoms with van der Waals surface area (Å²) in [6.07, 6.45) is 3.50. The van der Waals surface area contributed by atoms with Crippen molar-refractivity contribution in [2.45, 2.75) is 4.90 Å². The van der Waals surface area contributed by atoms with Gasteiger partial charge in [0.1, 0.15) is 16.4 Å². The average Bonchev–Trinajstić information content (AvgIpc) is 3.19. The Morgan fingerprint density at radius 1 is 1.17 bits per heavy atom. The van der Waals surface area contributed by atoms with Gasteiger partial charge in [-0.15, -0.1) is 0 Å². The molecule has 8 nitrogen and oxygen atoms in total. The fourth-order valence-corrected chi connectivity index (χ4v) is 4.40. The molecule has 1 aliphatic rings. The number of hydrogen-bond donors (Lipinski definition) is 1. The van der Waals surface area contributed by atoms with Crippen LogP contribution in [-0.2, 0) is 10.0 Å². The number of halogens is 1. The summed E-state index contributed by atoms with van der Waals surface area (Å²) >= 11 is 5.91. The fraction of sp³-hybridized carbons (Fsp3) is 0.100. The molecule has 3 aromatic rings. The van der Waals surface area contributed by atoms with Crippen molar-refractivity contribution in [3.05, 3.63) is 77.6 Å². The summed E-state index contributed by atoms with van der Waals surface area (Å²) in [5, 5.41) is 9.33. The number of aromatic nitrogens is 1. The maximum absolute atomic E-state index is 13.0. The molecule has 0 atom stereocenters. The Labute approximate surface area is 178 Å². The molecule has 0 aliphatic carbocycles.